The van der Waals surface area contributed by atoms with Gasteiger partial charge in [-0.05, 0) is 50.1 Å². The minimum absolute atomic E-state index is 0.0402. The van der Waals surface area contributed by atoms with Crippen LogP contribution < -0.4 is 4.31 Å². The lowest BCUT2D eigenvalue weighted by Crippen LogP contribution is -2.39. The van der Waals surface area contributed by atoms with Crippen molar-refractivity contribution in [3.05, 3.63) is 57.5 Å². The van der Waals surface area contributed by atoms with Crippen molar-refractivity contribution in [1.82, 2.24) is 0 Å². The van der Waals surface area contributed by atoms with Crippen LogP contribution in [-0.2, 0) is 10.0 Å². The molecule has 0 aromatic heterocycles. The van der Waals surface area contributed by atoms with Crippen LogP contribution >= 0.6 is 50.7 Å². The molecule has 0 aliphatic carbocycles. The zero-order chi connectivity index (χ0) is 18.6. The van der Waals surface area contributed by atoms with Crippen LogP contribution in [0.4, 0.5) is 5.69 Å². The number of alkyl halides is 1. The number of nitrogens with zero attached hydrogens (tertiary/aromatic N) is 1. The fourth-order valence-corrected chi connectivity index (χ4v) is 5.45. The van der Waals surface area contributed by atoms with E-state index in [1.807, 2.05) is 6.92 Å². The summed E-state index contributed by atoms with van der Waals surface area (Å²) in [5.74, 6) is 0. The van der Waals surface area contributed by atoms with E-state index in [-0.39, 0.29) is 16.0 Å². The van der Waals surface area contributed by atoms with Gasteiger partial charge < -0.3 is 0 Å². The van der Waals surface area contributed by atoms with Gasteiger partial charge in [-0.2, -0.15) is 0 Å². The molecular weight excluding hydrogens is 469 g/mol. The lowest BCUT2D eigenvalue weighted by molar-refractivity contribution is 0.570. The molecule has 2 aromatic carbocycles. The first-order chi connectivity index (χ1) is 11.8. The van der Waals surface area contributed by atoms with Crippen molar-refractivity contribution in [2.45, 2.75) is 30.7 Å². The van der Waals surface area contributed by atoms with Gasteiger partial charge in [0.2, 0.25) is 0 Å². The van der Waals surface area contributed by atoms with Gasteiger partial charge in [-0.15, -0.1) is 0 Å². The van der Waals surface area contributed by atoms with E-state index < -0.39 is 10.0 Å². The highest BCUT2D eigenvalue weighted by atomic mass is 79.9. The maximum atomic E-state index is 13.3. The number of anilines is 1. The Morgan fingerprint density at radius 1 is 1.08 bits per heavy atom. The van der Waals surface area contributed by atoms with E-state index in [1.165, 1.54) is 10.4 Å². The van der Waals surface area contributed by atoms with Crippen molar-refractivity contribution in [1.29, 1.82) is 0 Å². The highest BCUT2D eigenvalue weighted by molar-refractivity contribution is 9.09. The Balaban J connectivity index is 2.62. The van der Waals surface area contributed by atoms with Crippen LogP contribution in [0.15, 0.2) is 47.4 Å². The highest BCUT2D eigenvalue weighted by Crippen LogP contribution is 2.36. The predicted octanol–water partition coefficient (Wildman–Crippen LogP) is 6.41. The number of hydrogen-bond acceptors (Lipinski definition) is 2. The molecule has 0 aliphatic heterocycles. The summed E-state index contributed by atoms with van der Waals surface area (Å²) in [5.41, 5.74) is 0.344. The Kier molecular flexibility index (Phi) is 7.47. The summed E-state index contributed by atoms with van der Waals surface area (Å²) in [5, 5.41) is 1.66. The van der Waals surface area contributed by atoms with Crippen molar-refractivity contribution in [3.63, 3.8) is 0 Å². The monoisotopic (exact) mass is 483 g/mol. The van der Waals surface area contributed by atoms with Crippen LogP contribution in [0.2, 0.25) is 15.1 Å². The Bertz CT molecular complexity index is 846. The molecule has 1 atom stereocenters. The van der Waals surface area contributed by atoms with E-state index >= 15 is 0 Å². The zero-order valence-electron chi connectivity index (χ0n) is 13.4. The molecule has 2 aromatic rings. The average Bonchev–Trinajstić information content (AvgIpc) is 2.56. The molecule has 3 nitrogen and oxygen atoms in total. The molecular formula is C17H17BrCl3NO2S. The molecule has 0 unspecified atom stereocenters. The lowest BCUT2D eigenvalue weighted by Gasteiger charge is -2.31. The normalized spacial score (nSPS) is 12.8. The van der Waals surface area contributed by atoms with Crippen LogP contribution in [0.1, 0.15) is 19.8 Å². The van der Waals surface area contributed by atoms with Crippen molar-refractivity contribution in [2.75, 3.05) is 9.64 Å². The van der Waals surface area contributed by atoms with Gasteiger partial charge in [-0.1, -0.05) is 62.9 Å². The van der Waals surface area contributed by atoms with Crippen molar-refractivity contribution < 1.29 is 8.42 Å². The van der Waals surface area contributed by atoms with Gasteiger partial charge in [0.1, 0.15) is 4.90 Å². The smallest absolute Gasteiger partial charge is 0.262 e. The summed E-state index contributed by atoms with van der Waals surface area (Å²) in [6.45, 7) is 1.84. The van der Waals surface area contributed by atoms with Gasteiger partial charge in [-0.25, -0.2) is 8.42 Å². The first-order valence-corrected chi connectivity index (χ1v) is 11.3. The summed E-state index contributed by atoms with van der Waals surface area (Å²) in [7, 11) is -3.91. The number of sulfonamides is 1. The Hall–Kier alpha value is -0.460. The minimum Gasteiger partial charge on any atom is -0.262 e. The molecule has 0 spiro atoms. The van der Waals surface area contributed by atoms with Crippen LogP contribution in [0, 0.1) is 0 Å². The molecule has 8 heteroatoms. The molecule has 0 saturated heterocycles. The second kappa shape index (κ2) is 8.96. The Morgan fingerprint density at radius 2 is 1.76 bits per heavy atom. The first kappa shape index (κ1) is 20.8. The fraction of sp³-hybridized carbons (Fsp3) is 0.294. The molecule has 0 saturated carbocycles. The molecule has 0 N–H and O–H groups in total. The quantitative estimate of drug-likeness (QED) is 0.425. The molecule has 2 rings (SSSR count). The van der Waals surface area contributed by atoms with Crippen molar-refractivity contribution >= 4 is 66.4 Å². The predicted molar refractivity (Wildman–Crippen MR) is 110 cm³/mol. The molecule has 25 heavy (non-hydrogen) atoms. The van der Waals surface area contributed by atoms with Crippen LogP contribution in [0.25, 0.3) is 0 Å². The summed E-state index contributed by atoms with van der Waals surface area (Å²) < 4.78 is 28.0. The first-order valence-electron chi connectivity index (χ1n) is 7.59. The third kappa shape index (κ3) is 4.83. The highest BCUT2D eigenvalue weighted by Gasteiger charge is 2.32. The van der Waals surface area contributed by atoms with Gasteiger partial charge in [0.25, 0.3) is 10.0 Å². The molecule has 0 radical (unpaired) electrons. The number of benzene rings is 2. The fourth-order valence-electron chi connectivity index (χ4n) is 2.51. The number of hydrogen-bond donors (Lipinski definition) is 0. The van der Waals surface area contributed by atoms with Gasteiger partial charge in [-0.3, -0.25) is 4.31 Å². The Morgan fingerprint density at radius 3 is 2.40 bits per heavy atom. The minimum atomic E-state index is -3.91. The average molecular weight is 486 g/mol. The molecule has 0 aliphatic rings. The van der Waals surface area contributed by atoms with Gasteiger partial charge >= 0.3 is 0 Å². The van der Waals surface area contributed by atoms with Crippen LogP contribution in [0.3, 0.4) is 0 Å². The van der Waals surface area contributed by atoms with Crippen molar-refractivity contribution in [2.24, 2.45) is 0 Å². The van der Waals surface area contributed by atoms with Gasteiger partial charge in [0.05, 0.1) is 15.7 Å². The summed E-state index contributed by atoms with van der Waals surface area (Å²) in [4.78, 5) is 0.0402. The number of rotatable bonds is 7. The molecule has 0 amide bonds. The van der Waals surface area contributed by atoms with Crippen LogP contribution in [-0.4, -0.2) is 19.8 Å². The third-order valence-electron chi connectivity index (χ3n) is 3.67. The SMILES string of the molecule is C[C@H](CCCBr)N(c1cc(Cl)ccc1Cl)S(=O)(=O)c1ccccc1Cl. The molecule has 0 bridgehead atoms. The topological polar surface area (TPSA) is 37.4 Å². The second-order valence-corrected chi connectivity index (χ2v) is 9.33. The summed E-state index contributed by atoms with van der Waals surface area (Å²) in [6, 6.07) is 10.8. The molecule has 136 valence electrons. The second-order valence-electron chi connectivity index (χ2n) is 5.51. The molecule has 0 heterocycles. The summed E-state index contributed by atoms with van der Waals surface area (Å²) in [6.07, 6.45) is 1.46. The van der Waals surface area contributed by atoms with E-state index in [4.69, 9.17) is 34.8 Å². The van der Waals surface area contributed by atoms with E-state index in [9.17, 15) is 8.42 Å². The van der Waals surface area contributed by atoms with Crippen molar-refractivity contribution in [3.8, 4) is 0 Å². The zero-order valence-corrected chi connectivity index (χ0v) is 18.1. The number of halogens is 4. The third-order valence-corrected chi connectivity index (χ3v) is 7.22. The van der Waals surface area contributed by atoms with E-state index in [0.29, 0.717) is 22.2 Å². The lowest BCUT2D eigenvalue weighted by atomic mass is 10.2. The largest absolute Gasteiger partial charge is 0.266 e. The maximum Gasteiger partial charge on any atom is 0.266 e. The van der Waals surface area contributed by atoms with Gasteiger partial charge in [0.15, 0.2) is 0 Å². The Labute approximate surface area is 172 Å². The van der Waals surface area contributed by atoms with E-state index in [1.54, 1.807) is 36.4 Å². The van der Waals surface area contributed by atoms with E-state index in [2.05, 4.69) is 15.9 Å². The standard InChI is InChI=1S/C17H17BrCl3NO2S/c1-12(5-4-10-18)22(16-11-13(19)8-9-14(16)20)25(23,24)17-7-3-2-6-15(17)21/h2-3,6-9,11-12H,4-5,10H2,1H3/t12-/m1/s1. The maximum absolute atomic E-state index is 13.3. The van der Waals surface area contributed by atoms with E-state index in [0.717, 1.165) is 11.8 Å². The molecule has 0 fully saturated rings. The summed E-state index contributed by atoms with van der Waals surface area (Å²) >= 11 is 21.9. The van der Waals surface area contributed by atoms with Gasteiger partial charge in [0, 0.05) is 16.4 Å². The van der Waals surface area contributed by atoms with Crippen LogP contribution in [0.5, 0.6) is 0 Å².